The minimum Gasteiger partial charge on any atom is -0.462 e. The minimum atomic E-state index is -4.04. The van der Waals surface area contributed by atoms with Gasteiger partial charge in [-0.05, 0) is 67.7 Å². The third-order valence-electron chi connectivity index (χ3n) is 5.67. The molecule has 2 heterocycles. The molecule has 0 atom stereocenters. The molecule has 1 aliphatic heterocycles. The fourth-order valence-electron chi connectivity index (χ4n) is 3.83. The molecule has 1 saturated heterocycles. The summed E-state index contributed by atoms with van der Waals surface area (Å²) >= 11 is 1.22. The lowest BCUT2D eigenvalue weighted by molar-refractivity contribution is 0.0527. The van der Waals surface area contributed by atoms with Crippen molar-refractivity contribution in [3.8, 4) is 0 Å². The number of sulfonamides is 1. The highest BCUT2D eigenvalue weighted by atomic mass is 32.2. The van der Waals surface area contributed by atoms with Crippen molar-refractivity contribution >= 4 is 38.2 Å². The minimum absolute atomic E-state index is 0.00170. The molecule has 0 unspecified atom stereocenters. The van der Waals surface area contributed by atoms with Gasteiger partial charge in [-0.2, -0.15) is 4.31 Å². The number of piperidine rings is 1. The van der Waals surface area contributed by atoms with Gasteiger partial charge in [-0.15, -0.1) is 11.3 Å². The Balaban J connectivity index is 1.61. The highest BCUT2D eigenvalue weighted by molar-refractivity contribution is 7.89. The molecule has 10 heteroatoms. The Morgan fingerprint density at radius 3 is 2.59 bits per heavy atom. The molecule has 1 saturated carbocycles. The van der Waals surface area contributed by atoms with E-state index in [1.807, 2.05) is 5.38 Å². The Hall–Kier alpha value is -2.30. The lowest BCUT2D eigenvalue weighted by Crippen LogP contribution is -2.36. The van der Waals surface area contributed by atoms with E-state index in [9.17, 15) is 22.4 Å². The second-order valence-corrected chi connectivity index (χ2v) is 10.7. The molecule has 2 aromatic rings. The number of halogens is 1. The molecule has 1 N–H and O–H groups in total. The summed E-state index contributed by atoms with van der Waals surface area (Å²) < 4.78 is 46.8. The zero-order chi connectivity index (χ0) is 22.9. The molecule has 4 rings (SSSR count). The molecule has 2 aliphatic rings. The van der Waals surface area contributed by atoms with Gasteiger partial charge < -0.3 is 10.1 Å². The van der Waals surface area contributed by atoms with E-state index in [0.717, 1.165) is 49.8 Å². The van der Waals surface area contributed by atoms with Crippen molar-refractivity contribution in [3.63, 3.8) is 0 Å². The maximum atomic E-state index is 14.5. The number of nitrogens with zero attached hydrogens (tertiary/aromatic N) is 1. The van der Waals surface area contributed by atoms with Crippen molar-refractivity contribution in [2.24, 2.45) is 0 Å². The number of amides is 1. The lowest BCUT2D eigenvalue weighted by Gasteiger charge is -2.26. The number of anilines is 1. The van der Waals surface area contributed by atoms with E-state index in [1.54, 1.807) is 6.92 Å². The summed E-state index contributed by atoms with van der Waals surface area (Å²) in [5.74, 6) is -1.73. The zero-order valence-corrected chi connectivity index (χ0v) is 19.4. The Bertz CT molecular complexity index is 1140. The first kappa shape index (κ1) is 22.9. The van der Waals surface area contributed by atoms with Gasteiger partial charge in [-0.25, -0.2) is 17.6 Å². The number of hydrogen-bond acceptors (Lipinski definition) is 6. The quantitative estimate of drug-likeness (QED) is 0.594. The number of carbonyl (C=O) groups is 2. The van der Waals surface area contributed by atoms with Gasteiger partial charge in [0.1, 0.15) is 15.7 Å². The molecule has 0 radical (unpaired) electrons. The van der Waals surface area contributed by atoms with E-state index in [0.29, 0.717) is 23.7 Å². The highest BCUT2D eigenvalue weighted by Crippen LogP contribution is 2.46. The van der Waals surface area contributed by atoms with Gasteiger partial charge in [-0.1, -0.05) is 6.42 Å². The Morgan fingerprint density at radius 1 is 1.22 bits per heavy atom. The third-order valence-corrected chi connectivity index (χ3v) is 8.50. The monoisotopic (exact) mass is 480 g/mol. The SMILES string of the molecule is CCOC(=O)c1c(C2CC2)csc1NC(=O)c1ccc(F)c(S(=O)(=O)N2CCCCC2)c1. The van der Waals surface area contributed by atoms with Crippen LogP contribution in [0.4, 0.5) is 9.39 Å². The smallest absolute Gasteiger partial charge is 0.341 e. The van der Waals surface area contributed by atoms with E-state index < -0.39 is 32.6 Å². The van der Waals surface area contributed by atoms with Crippen LogP contribution < -0.4 is 5.32 Å². The van der Waals surface area contributed by atoms with Crippen LogP contribution in [0.5, 0.6) is 0 Å². The largest absolute Gasteiger partial charge is 0.462 e. The number of benzene rings is 1. The second kappa shape index (κ2) is 9.29. The highest BCUT2D eigenvalue weighted by Gasteiger charge is 2.33. The van der Waals surface area contributed by atoms with Crippen molar-refractivity contribution in [3.05, 3.63) is 46.1 Å². The standard InChI is InChI=1S/C22H25FN2O5S2/c1-2-30-22(27)19-16(14-6-7-14)13-31-21(19)24-20(26)15-8-9-17(23)18(12-15)32(28,29)25-10-4-3-5-11-25/h8-9,12-14H,2-7,10-11H2,1H3,(H,24,26). The number of carbonyl (C=O) groups excluding carboxylic acids is 2. The Labute approximate surface area is 190 Å². The number of ether oxygens (including phenoxy) is 1. The first-order valence-corrected chi connectivity index (χ1v) is 13.0. The van der Waals surface area contributed by atoms with E-state index >= 15 is 0 Å². The molecule has 1 aliphatic carbocycles. The fourth-order valence-corrected chi connectivity index (χ4v) is 6.47. The summed E-state index contributed by atoms with van der Waals surface area (Å²) in [6.45, 7) is 2.59. The van der Waals surface area contributed by atoms with Crippen molar-refractivity contribution < 1.29 is 27.1 Å². The number of esters is 1. The van der Waals surface area contributed by atoms with Crippen molar-refractivity contribution in [1.82, 2.24) is 4.31 Å². The predicted molar refractivity (Wildman–Crippen MR) is 119 cm³/mol. The molecule has 32 heavy (non-hydrogen) atoms. The second-order valence-electron chi connectivity index (χ2n) is 7.95. The number of rotatable bonds is 7. The van der Waals surface area contributed by atoms with Gasteiger partial charge in [0.25, 0.3) is 5.91 Å². The van der Waals surface area contributed by atoms with E-state index in [1.165, 1.54) is 21.7 Å². The van der Waals surface area contributed by atoms with Crippen LogP contribution in [-0.2, 0) is 14.8 Å². The Morgan fingerprint density at radius 2 is 1.94 bits per heavy atom. The van der Waals surface area contributed by atoms with Crippen LogP contribution in [0.15, 0.2) is 28.5 Å². The first-order valence-electron chi connectivity index (χ1n) is 10.7. The Kier molecular flexibility index (Phi) is 6.64. The molecule has 1 amide bonds. The lowest BCUT2D eigenvalue weighted by atomic mass is 10.1. The average Bonchev–Trinajstić information content (AvgIpc) is 3.54. The molecule has 0 spiro atoms. The molecule has 1 aromatic carbocycles. The summed E-state index contributed by atoms with van der Waals surface area (Å²) in [7, 11) is -4.04. The van der Waals surface area contributed by atoms with Gasteiger partial charge in [0.15, 0.2) is 0 Å². The maximum absolute atomic E-state index is 14.5. The van der Waals surface area contributed by atoms with Gasteiger partial charge in [0.05, 0.1) is 12.2 Å². The molecule has 2 fully saturated rings. The van der Waals surface area contributed by atoms with Crippen LogP contribution in [0, 0.1) is 5.82 Å². The predicted octanol–water partition coefficient (Wildman–Crippen LogP) is 4.37. The van der Waals surface area contributed by atoms with Crippen molar-refractivity contribution in [1.29, 1.82) is 0 Å². The topological polar surface area (TPSA) is 92.8 Å². The molecular weight excluding hydrogens is 455 g/mol. The summed E-state index contributed by atoms with van der Waals surface area (Å²) in [4.78, 5) is 24.9. The molecule has 0 bridgehead atoms. The van der Waals surface area contributed by atoms with E-state index in [-0.39, 0.29) is 18.1 Å². The van der Waals surface area contributed by atoms with Crippen LogP contribution in [0.25, 0.3) is 0 Å². The first-order chi connectivity index (χ1) is 15.3. The van der Waals surface area contributed by atoms with Crippen molar-refractivity contribution in [2.75, 3.05) is 25.0 Å². The summed E-state index contributed by atoms with van der Waals surface area (Å²) in [5, 5.41) is 4.89. The number of thiophene rings is 1. The van der Waals surface area contributed by atoms with Crippen LogP contribution >= 0.6 is 11.3 Å². The molecule has 172 valence electrons. The molecule has 7 nitrogen and oxygen atoms in total. The molecule has 1 aromatic heterocycles. The van der Waals surface area contributed by atoms with E-state index in [4.69, 9.17) is 4.74 Å². The summed E-state index contributed by atoms with van der Waals surface area (Å²) in [6.07, 6.45) is 4.33. The normalized spacial score (nSPS) is 17.2. The zero-order valence-electron chi connectivity index (χ0n) is 17.7. The van der Waals surface area contributed by atoms with Gasteiger partial charge in [0.2, 0.25) is 10.0 Å². The van der Waals surface area contributed by atoms with Gasteiger partial charge in [-0.3, -0.25) is 4.79 Å². The summed E-state index contributed by atoms with van der Waals surface area (Å²) in [6, 6.07) is 3.29. The van der Waals surface area contributed by atoms with E-state index in [2.05, 4.69) is 5.32 Å². The average molecular weight is 481 g/mol. The van der Waals surface area contributed by atoms with Crippen LogP contribution in [0.1, 0.15) is 71.2 Å². The van der Waals surface area contributed by atoms with Crippen LogP contribution in [0.3, 0.4) is 0 Å². The molecular formula is C22H25FN2O5S2. The van der Waals surface area contributed by atoms with Crippen molar-refractivity contribution in [2.45, 2.75) is 49.8 Å². The maximum Gasteiger partial charge on any atom is 0.341 e. The van der Waals surface area contributed by atoms with Crippen LogP contribution in [-0.4, -0.2) is 44.3 Å². The summed E-state index contributed by atoms with van der Waals surface area (Å²) in [5.41, 5.74) is 1.20. The fraction of sp³-hybridized carbons (Fsp3) is 0.455. The van der Waals surface area contributed by atoms with Gasteiger partial charge >= 0.3 is 5.97 Å². The van der Waals surface area contributed by atoms with Gasteiger partial charge in [0, 0.05) is 18.7 Å². The number of nitrogens with one attached hydrogen (secondary N) is 1. The third kappa shape index (κ3) is 4.57. The number of hydrogen-bond donors (Lipinski definition) is 1. The van der Waals surface area contributed by atoms with Crippen LogP contribution in [0.2, 0.25) is 0 Å².